The molecule has 1 aliphatic heterocycles. The first-order valence-corrected chi connectivity index (χ1v) is 16.1. The second-order valence-electron chi connectivity index (χ2n) is 11.0. The second kappa shape index (κ2) is 16.3. The molecule has 3 aromatic carbocycles. The Morgan fingerprint density at radius 2 is 1.63 bits per heavy atom. The summed E-state index contributed by atoms with van der Waals surface area (Å²) < 4.78 is 13.8. The average Bonchev–Trinajstić information content (AvgIpc) is 3.10. The Bertz CT molecular complexity index is 1600. The van der Waals surface area contributed by atoms with E-state index in [4.69, 9.17) is 14.7 Å². The number of aliphatic hydroxyl groups excluding tert-OH is 1. The summed E-state index contributed by atoms with van der Waals surface area (Å²) in [6, 6.07) is 29.0. The number of benzene rings is 3. The number of nitrogens with zero attached hydrogens (tertiary/aromatic N) is 1. The van der Waals surface area contributed by atoms with Gasteiger partial charge in [-0.3, -0.25) is 14.8 Å². The Hall–Kier alpha value is -4.26. The van der Waals surface area contributed by atoms with Crippen LogP contribution in [0, 0.1) is 5.21 Å². The number of carbonyl (C=O) groups is 2. The molecule has 1 aromatic heterocycles. The number of aromatic nitrogens is 1. The van der Waals surface area contributed by atoms with Crippen molar-refractivity contribution in [2.24, 2.45) is 0 Å². The van der Waals surface area contributed by atoms with Crippen molar-refractivity contribution >= 4 is 23.6 Å². The van der Waals surface area contributed by atoms with Gasteiger partial charge in [-0.15, -0.1) is 0 Å². The summed E-state index contributed by atoms with van der Waals surface area (Å²) in [6.07, 6.45) is 1.71. The smallest absolute Gasteiger partial charge is 0.251 e. The fourth-order valence-electron chi connectivity index (χ4n) is 5.17. The molecule has 5 rings (SSSR count). The van der Waals surface area contributed by atoms with Crippen molar-refractivity contribution in [2.75, 3.05) is 5.75 Å². The lowest BCUT2D eigenvalue weighted by atomic mass is 9.99. The van der Waals surface area contributed by atoms with Crippen molar-refractivity contribution in [1.29, 1.82) is 0 Å². The fourth-order valence-corrected chi connectivity index (χ4v) is 6.11. The molecule has 0 spiro atoms. The van der Waals surface area contributed by atoms with Crippen molar-refractivity contribution in [1.82, 2.24) is 10.8 Å². The van der Waals surface area contributed by atoms with Gasteiger partial charge in [-0.2, -0.15) is 4.73 Å². The monoisotopic (exact) mass is 643 g/mol. The van der Waals surface area contributed by atoms with Crippen molar-refractivity contribution in [3.8, 4) is 11.1 Å². The third-order valence-corrected chi connectivity index (χ3v) is 8.84. The van der Waals surface area contributed by atoms with Crippen LogP contribution < -0.4 is 15.5 Å². The quantitative estimate of drug-likeness (QED) is 0.0518. The lowest BCUT2D eigenvalue weighted by Crippen LogP contribution is -2.32. The second-order valence-corrected chi connectivity index (χ2v) is 12.1. The Labute approximate surface area is 271 Å². The third kappa shape index (κ3) is 9.15. The van der Waals surface area contributed by atoms with E-state index in [2.05, 4.69) is 5.32 Å². The number of aliphatic hydroxyl groups is 1. The topological polar surface area (TPSA) is 144 Å². The largest absolute Gasteiger partial charge is 0.618 e. The molecule has 10 nitrogen and oxygen atoms in total. The number of carbonyl (C=O) groups excluding carboxylic acids is 2. The summed E-state index contributed by atoms with van der Waals surface area (Å²) in [5.41, 5.74) is 7.19. The lowest BCUT2D eigenvalue weighted by molar-refractivity contribution is -0.645. The predicted molar refractivity (Wildman–Crippen MR) is 172 cm³/mol. The third-order valence-electron chi connectivity index (χ3n) is 7.69. The van der Waals surface area contributed by atoms with Crippen LogP contribution >= 0.6 is 11.8 Å². The molecule has 2 heterocycles. The van der Waals surface area contributed by atoms with Crippen LogP contribution in [0.5, 0.6) is 0 Å². The van der Waals surface area contributed by atoms with E-state index in [-0.39, 0.29) is 37.6 Å². The maximum absolute atomic E-state index is 12.2. The number of rotatable bonds is 13. The number of hydrogen-bond donors (Lipinski definition) is 4. The van der Waals surface area contributed by atoms with Crippen LogP contribution in [0.3, 0.4) is 0 Å². The van der Waals surface area contributed by atoms with Gasteiger partial charge < -0.3 is 25.1 Å². The molecule has 0 bridgehead atoms. The highest BCUT2D eigenvalue weighted by Crippen LogP contribution is 2.39. The summed E-state index contributed by atoms with van der Waals surface area (Å²) >= 11 is 1.45. The lowest BCUT2D eigenvalue weighted by Gasteiger charge is -2.36. The highest BCUT2D eigenvalue weighted by molar-refractivity contribution is 7.99. The molecule has 11 heteroatoms. The van der Waals surface area contributed by atoms with Gasteiger partial charge in [0.2, 0.25) is 11.8 Å². The number of nitrogens with one attached hydrogen (secondary N) is 2. The van der Waals surface area contributed by atoms with Crippen LogP contribution in [0.25, 0.3) is 11.1 Å². The zero-order valence-corrected chi connectivity index (χ0v) is 26.0. The van der Waals surface area contributed by atoms with Gasteiger partial charge in [0.25, 0.3) is 5.03 Å². The number of hydroxylamine groups is 1. The Morgan fingerprint density at radius 1 is 0.870 bits per heavy atom. The molecular formula is C35H37N3O7S. The van der Waals surface area contributed by atoms with Crippen LogP contribution in [0.1, 0.15) is 60.3 Å². The number of pyridine rings is 1. The van der Waals surface area contributed by atoms with Crippen LogP contribution in [0.4, 0.5) is 0 Å². The van der Waals surface area contributed by atoms with Gasteiger partial charge in [-0.1, -0.05) is 78.5 Å². The fraction of sp³-hybridized carbons (Fsp3) is 0.286. The average molecular weight is 644 g/mol. The van der Waals surface area contributed by atoms with E-state index in [1.54, 1.807) is 17.6 Å². The van der Waals surface area contributed by atoms with E-state index in [0.29, 0.717) is 30.2 Å². The van der Waals surface area contributed by atoms with Gasteiger partial charge in [-0.05, 0) is 46.4 Å². The summed E-state index contributed by atoms with van der Waals surface area (Å²) in [4.78, 5) is 23.3. The van der Waals surface area contributed by atoms with E-state index in [1.807, 2.05) is 78.9 Å². The minimum absolute atomic E-state index is 0.0274. The molecule has 2 amide bonds. The molecule has 3 unspecified atom stereocenters. The molecule has 4 N–H and O–H groups in total. The van der Waals surface area contributed by atoms with Gasteiger partial charge in [0.1, 0.15) is 0 Å². The first-order chi connectivity index (χ1) is 22.4. The molecule has 0 saturated carbocycles. The van der Waals surface area contributed by atoms with E-state index in [9.17, 15) is 19.9 Å². The minimum Gasteiger partial charge on any atom is -0.618 e. The van der Waals surface area contributed by atoms with E-state index in [1.165, 1.54) is 18.0 Å². The van der Waals surface area contributed by atoms with Crippen LogP contribution in [-0.2, 0) is 32.2 Å². The molecule has 1 fully saturated rings. The molecule has 0 aliphatic carbocycles. The van der Waals surface area contributed by atoms with E-state index < -0.39 is 12.2 Å². The zero-order valence-electron chi connectivity index (χ0n) is 25.2. The predicted octanol–water partition coefficient (Wildman–Crippen LogP) is 5.11. The zero-order chi connectivity index (χ0) is 32.3. The Kier molecular flexibility index (Phi) is 11.8. The maximum Gasteiger partial charge on any atom is 0.251 e. The van der Waals surface area contributed by atoms with Crippen molar-refractivity contribution in [3.63, 3.8) is 0 Å². The van der Waals surface area contributed by atoms with Crippen molar-refractivity contribution in [2.45, 2.75) is 62.4 Å². The first-order valence-electron chi connectivity index (χ1n) is 15.1. The molecule has 1 aliphatic rings. The standard InChI is InChI=1S/C35H37N3O7S/c39-22-24-10-12-27(13-11-24)31-20-30(23-46-34-9-1-2-18-38(34)43)44-35(45-31)28-16-14-26(15-17-28)29-6-3-5-25(19-29)21-36-32(40)7-4-8-33(41)37-42/h1-3,5-6,9-19,30-31,35,39,42H,4,7-8,20-23H2,(H,36,40)(H,37,41). The number of hydrogen-bond acceptors (Lipinski definition) is 8. The van der Waals surface area contributed by atoms with Crippen LogP contribution in [0.15, 0.2) is 102 Å². The van der Waals surface area contributed by atoms with Gasteiger partial charge in [0, 0.05) is 49.3 Å². The number of ether oxygens (including phenoxy) is 2. The van der Waals surface area contributed by atoms with Gasteiger partial charge in [-0.25, -0.2) is 5.48 Å². The summed E-state index contributed by atoms with van der Waals surface area (Å²) in [5, 5.41) is 33.7. The summed E-state index contributed by atoms with van der Waals surface area (Å²) in [6.45, 7) is 0.330. The number of thioether (sulfide) groups is 1. The summed E-state index contributed by atoms with van der Waals surface area (Å²) in [7, 11) is 0. The molecule has 46 heavy (non-hydrogen) atoms. The Morgan fingerprint density at radius 3 is 2.37 bits per heavy atom. The molecule has 0 radical (unpaired) electrons. The Balaban J connectivity index is 1.25. The molecule has 3 atom stereocenters. The minimum atomic E-state index is -0.615. The van der Waals surface area contributed by atoms with E-state index in [0.717, 1.165) is 38.1 Å². The van der Waals surface area contributed by atoms with Crippen LogP contribution in [0.2, 0.25) is 0 Å². The highest BCUT2D eigenvalue weighted by Gasteiger charge is 2.32. The molecular weight excluding hydrogens is 606 g/mol. The van der Waals surface area contributed by atoms with Gasteiger partial charge in [0.05, 0.1) is 18.8 Å². The number of amides is 2. The summed E-state index contributed by atoms with van der Waals surface area (Å²) in [5.74, 6) is -0.0960. The molecule has 240 valence electrons. The molecule has 1 saturated heterocycles. The first kappa shape index (κ1) is 33.1. The van der Waals surface area contributed by atoms with E-state index >= 15 is 0 Å². The van der Waals surface area contributed by atoms with Gasteiger partial charge in [0.15, 0.2) is 12.5 Å². The normalized spacial score (nSPS) is 17.7. The van der Waals surface area contributed by atoms with Crippen molar-refractivity contribution in [3.05, 3.63) is 125 Å². The van der Waals surface area contributed by atoms with Crippen LogP contribution in [-0.4, -0.2) is 34.0 Å². The van der Waals surface area contributed by atoms with Crippen molar-refractivity contribution < 1.29 is 34.1 Å². The van der Waals surface area contributed by atoms with Gasteiger partial charge >= 0.3 is 0 Å². The SMILES string of the molecule is O=C(CCCC(=O)NCc1cccc(-c2ccc(C3OC(CSc4cccc[n+]4[O-])CC(c4ccc(CO)cc4)O3)cc2)c1)NO. The highest BCUT2D eigenvalue weighted by atomic mass is 32.2. The maximum atomic E-state index is 12.2. The molecule has 4 aromatic rings.